The predicted octanol–water partition coefficient (Wildman–Crippen LogP) is 1.68. The lowest BCUT2D eigenvalue weighted by molar-refractivity contribution is -0.145. The number of hydrogen-bond donors (Lipinski definition) is 1. The van der Waals surface area contributed by atoms with Gasteiger partial charge in [-0.05, 0) is 13.0 Å². The molecule has 1 aromatic rings. The van der Waals surface area contributed by atoms with Crippen LogP contribution in [-0.4, -0.2) is 24.8 Å². The number of hydrogen-bond acceptors (Lipinski definition) is 4. The predicted molar refractivity (Wildman–Crippen MR) is 59.2 cm³/mol. The molecule has 1 unspecified atom stereocenters. The van der Waals surface area contributed by atoms with Crippen LogP contribution in [0.1, 0.15) is 25.0 Å². The fourth-order valence-electron chi connectivity index (χ4n) is 1.43. The second kappa shape index (κ2) is 6.12. The summed E-state index contributed by atoms with van der Waals surface area (Å²) in [5, 5.41) is 9.85. The Morgan fingerprint density at radius 2 is 2.12 bits per heavy atom. The monoisotopic (exact) mass is 224 g/mol. The number of carbonyl (C=O) groups is 1. The third kappa shape index (κ3) is 3.24. The minimum atomic E-state index is -0.893. The highest BCUT2D eigenvalue weighted by Gasteiger charge is 2.17. The average molecular weight is 224 g/mol. The SMILES string of the molecule is CCOC(=O)CC(O)c1ccccc1OC. The van der Waals surface area contributed by atoms with E-state index in [1.807, 2.05) is 0 Å². The second-order valence-electron chi connectivity index (χ2n) is 3.27. The van der Waals surface area contributed by atoms with Crippen molar-refractivity contribution in [1.82, 2.24) is 0 Å². The normalized spacial score (nSPS) is 11.9. The number of carbonyl (C=O) groups excluding carboxylic acids is 1. The zero-order valence-electron chi connectivity index (χ0n) is 9.47. The molecule has 0 aromatic heterocycles. The minimum Gasteiger partial charge on any atom is -0.496 e. The van der Waals surface area contributed by atoms with E-state index in [1.54, 1.807) is 31.2 Å². The Labute approximate surface area is 94.8 Å². The molecular weight excluding hydrogens is 208 g/mol. The Balaban J connectivity index is 2.72. The van der Waals surface area contributed by atoms with Gasteiger partial charge in [-0.25, -0.2) is 0 Å². The first-order valence-corrected chi connectivity index (χ1v) is 5.15. The van der Waals surface area contributed by atoms with Crippen molar-refractivity contribution in [3.8, 4) is 5.75 Å². The Bertz CT molecular complexity index is 349. The second-order valence-corrected chi connectivity index (χ2v) is 3.27. The number of esters is 1. The van der Waals surface area contributed by atoms with Crippen molar-refractivity contribution in [2.75, 3.05) is 13.7 Å². The highest BCUT2D eigenvalue weighted by molar-refractivity contribution is 5.70. The zero-order valence-corrected chi connectivity index (χ0v) is 9.47. The molecule has 0 saturated carbocycles. The molecule has 88 valence electrons. The zero-order chi connectivity index (χ0) is 12.0. The van der Waals surface area contributed by atoms with Crippen molar-refractivity contribution in [3.05, 3.63) is 29.8 Å². The van der Waals surface area contributed by atoms with Crippen LogP contribution in [0.25, 0.3) is 0 Å². The summed E-state index contributed by atoms with van der Waals surface area (Å²) in [6, 6.07) is 7.05. The smallest absolute Gasteiger partial charge is 0.308 e. The van der Waals surface area contributed by atoms with Crippen LogP contribution in [0.5, 0.6) is 5.75 Å². The molecule has 4 heteroatoms. The maximum Gasteiger partial charge on any atom is 0.308 e. The van der Waals surface area contributed by atoms with Gasteiger partial charge in [-0.1, -0.05) is 18.2 Å². The van der Waals surface area contributed by atoms with Gasteiger partial charge in [0.15, 0.2) is 0 Å². The van der Waals surface area contributed by atoms with Gasteiger partial charge in [0.05, 0.1) is 26.2 Å². The lowest BCUT2D eigenvalue weighted by Gasteiger charge is -2.13. The summed E-state index contributed by atoms with van der Waals surface area (Å²) in [5.74, 6) is 0.153. The number of methoxy groups -OCH3 is 1. The largest absolute Gasteiger partial charge is 0.496 e. The summed E-state index contributed by atoms with van der Waals surface area (Å²) in [6.07, 6.45) is -0.955. The number of aliphatic hydroxyl groups excluding tert-OH is 1. The van der Waals surface area contributed by atoms with Gasteiger partial charge in [-0.15, -0.1) is 0 Å². The average Bonchev–Trinajstić information content (AvgIpc) is 2.29. The number of ether oxygens (including phenoxy) is 2. The van der Waals surface area contributed by atoms with Gasteiger partial charge in [-0.2, -0.15) is 0 Å². The molecular formula is C12H16O4. The summed E-state index contributed by atoms with van der Waals surface area (Å²) in [6.45, 7) is 2.05. The maximum atomic E-state index is 11.2. The van der Waals surface area contributed by atoms with Gasteiger partial charge < -0.3 is 14.6 Å². The van der Waals surface area contributed by atoms with Crippen LogP contribution < -0.4 is 4.74 Å². The first kappa shape index (κ1) is 12.5. The Morgan fingerprint density at radius 1 is 1.44 bits per heavy atom. The summed E-state index contributed by atoms with van der Waals surface area (Å²) < 4.78 is 9.86. The van der Waals surface area contributed by atoms with Gasteiger partial charge in [0.25, 0.3) is 0 Å². The van der Waals surface area contributed by atoms with Crippen LogP contribution in [0.2, 0.25) is 0 Å². The topological polar surface area (TPSA) is 55.8 Å². The third-order valence-corrected chi connectivity index (χ3v) is 2.16. The number of para-hydroxylation sites is 1. The van der Waals surface area contributed by atoms with Crippen molar-refractivity contribution in [3.63, 3.8) is 0 Å². The number of aliphatic hydroxyl groups is 1. The van der Waals surface area contributed by atoms with Crippen molar-refractivity contribution in [2.24, 2.45) is 0 Å². The Hall–Kier alpha value is -1.55. The fourth-order valence-corrected chi connectivity index (χ4v) is 1.43. The highest BCUT2D eigenvalue weighted by atomic mass is 16.5. The van der Waals surface area contributed by atoms with Gasteiger partial charge in [0.2, 0.25) is 0 Å². The molecule has 1 aromatic carbocycles. The molecule has 4 nitrogen and oxygen atoms in total. The van der Waals surface area contributed by atoms with E-state index in [0.29, 0.717) is 17.9 Å². The van der Waals surface area contributed by atoms with E-state index in [9.17, 15) is 9.90 Å². The molecule has 1 atom stereocenters. The molecule has 0 aliphatic rings. The van der Waals surface area contributed by atoms with Gasteiger partial charge >= 0.3 is 5.97 Å². The fraction of sp³-hybridized carbons (Fsp3) is 0.417. The Kier molecular flexibility index (Phi) is 4.79. The number of benzene rings is 1. The maximum absolute atomic E-state index is 11.2. The van der Waals surface area contributed by atoms with Crippen molar-refractivity contribution >= 4 is 5.97 Å². The van der Waals surface area contributed by atoms with Crippen LogP contribution in [0.4, 0.5) is 0 Å². The molecule has 0 heterocycles. The molecule has 0 aliphatic heterocycles. The highest BCUT2D eigenvalue weighted by Crippen LogP contribution is 2.26. The number of rotatable bonds is 5. The quantitative estimate of drug-likeness (QED) is 0.773. The van der Waals surface area contributed by atoms with E-state index in [1.165, 1.54) is 7.11 Å². The Morgan fingerprint density at radius 3 is 2.75 bits per heavy atom. The molecule has 0 aliphatic carbocycles. The molecule has 1 N–H and O–H groups in total. The van der Waals surface area contributed by atoms with E-state index in [0.717, 1.165) is 0 Å². The summed E-state index contributed by atoms with van der Waals surface area (Å²) in [4.78, 5) is 11.2. The molecule has 1 rings (SSSR count). The van der Waals surface area contributed by atoms with Gasteiger partial charge in [0.1, 0.15) is 5.75 Å². The van der Waals surface area contributed by atoms with E-state index in [2.05, 4.69) is 0 Å². The van der Waals surface area contributed by atoms with Crippen molar-refractivity contribution in [1.29, 1.82) is 0 Å². The van der Waals surface area contributed by atoms with E-state index in [-0.39, 0.29) is 6.42 Å². The van der Waals surface area contributed by atoms with E-state index >= 15 is 0 Å². The molecule has 0 bridgehead atoms. The third-order valence-electron chi connectivity index (χ3n) is 2.16. The summed E-state index contributed by atoms with van der Waals surface area (Å²) in [7, 11) is 1.52. The van der Waals surface area contributed by atoms with Crippen LogP contribution >= 0.6 is 0 Å². The molecule has 0 fully saturated rings. The molecule has 0 amide bonds. The standard InChI is InChI=1S/C12H16O4/c1-3-16-12(14)8-10(13)9-6-4-5-7-11(9)15-2/h4-7,10,13H,3,8H2,1-2H3. The van der Waals surface area contributed by atoms with Crippen LogP contribution in [-0.2, 0) is 9.53 Å². The molecule has 0 saturated heterocycles. The minimum absolute atomic E-state index is 0.0613. The molecule has 0 radical (unpaired) electrons. The van der Waals surface area contributed by atoms with Crippen LogP contribution in [0, 0.1) is 0 Å². The summed E-state index contributed by atoms with van der Waals surface area (Å²) >= 11 is 0. The first-order valence-electron chi connectivity index (χ1n) is 5.15. The van der Waals surface area contributed by atoms with E-state index < -0.39 is 12.1 Å². The van der Waals surface area contributed by atoms with Crippen molar-refractivity contribution in [2.45, 2.75) is 19.4 Å². The van der Waals surface area contributed by atoms with Crippen LogP contribution in [0.15, 0.2) is 24.3 Å². The van der Waals surface area contributed by atoms with Gasteiger partial charge in [0, 0.05) is 5.56 Å². The first-order chi connectivity index (χ1) is 7.69. The van der Waals surface area contributed by atoms with Gasteiger partial charge in [-0.3, -0.25) is 4.79 Å². The lowest BCUT2D eigenvalue weighted by atomic mass is 10.1. The molecule has 0 spiro atoms. The van der Waals surface area contributed by atoms with Crippen molar-refractivity contribution < 1.29 is 19.4 Å². The lowest BCUT2D eigenvalue weighted by Crippen LogP contribution is -2.10. The van der Waals surface area contributed by atoms with E-state index in [4.69, 9.17) is 9.47 Å². The molecule has 16 heavy (non-hydrogen) atoms. The van der Waals surface area contributed by atoms with Crippen LogP contribution in [0.3, 0.4) is 0 Å². The summed E-state index contributed by atoms with van der Waals surface area (Å²) in [5.41, 5.74) is 0.595.